The van der Waals surface area contributed by atoms with Gasteiger partial charge in [-0.2, -0.15) is 13.2 Å². The molecule has 0 unspecified atom stereocenters. The highest BCUT2D eigenvalue weighted by atomic mass is 19.4. The minimum atomic E-state index is -4.84. The Morgan fingerprint density at radius 2 is 1.86 bits per heavy atom. The lowest BCUT2D eigenvalue weighted by molar-refractivity contribution is -0.148. The van der Waals surface area contributed by atoms with Crippen molar-refractivity contribution < 1.29 is 36.6 Å². The molecule has 0 heterocycles. The largest absolute Gasteiger partial charge is 0.480 e. The molecule has 0 aliphatic carbocycles. The summed E-state index contributed by atoms with van der Waals surface area (Å²) in [5, 5.41) is 10.2. The number of benzene rings is 1. The molecule has 0 aromatic heterocycles. The van der Waals surface area contributed by atoms with Gasteiger partial charge in [0.2, 0.25) is 0 Å². The number of nitrogens with zero attached hydrogens (tertiary/aromatic N) is 1. The Balaban J connectivity index is 2.90. The average Bonchev–Trinajstić information content (AvgIpc) is 2.31. The molecule has 0 bridgehead atoms. The Labute approximate surface area is 115 Å². The number of urea groups is 1. The number of amides is 2. The Hall–Kier alpha value is -2.39. The van der Waals surface area contributed by atoms with Gasteiger partial charge in [-0.15, -0.1) is 0 Å². The van der Waals surface area contributed by atoms with Crippen LogP contribution in [0, 0.1) is 11.6 Å². The van der Waals surface area contributed by atoms with Crippen molar-refractivity contribution in [2.24, 2.45) is 0 Å². The fourth-order valence-electron chi connectivity index (χ4n) is 1.37. The normalized spacial score (nSPS) is 11.1. The highest BCUT2D eigenvalue weighted by Gasteiger charge is 2.34. The molecule has 1 rings (SSSR count). The van der Waals surface area contributed by atoms with Gasteiger partial charge in [-0.1, -0.05) is 6.07 Å². The van der Waals surface area contributed by atoms with Crippen LogP contribution in [-0.2, 0) is 4.79 Å². The van der Waals surface area contributed by atoms with Crippen LogP contribution in [0.15, 0.2) is 18.2 Å². The van der Waals surface area contributed by atoms with Crippen molar-refractivity contribution in [3.05, 3.63) is 29.8 Å². The smallest absolute Gasteiger partial charge is 0.406 e. The van der Waals surface area contributed by atoms with Crippen molar-refractivity contribution in [3.63, 3.8) is 0 Å². The van der Waals surface area contributed by atoms with E-state index in [0.717, 1.165) is 18.2 Å². The van der Waals surface area contributed by atoms with Crippen molar-refractivity contribution in [1.29, 1.82) is 0 Å². The number of aliphatic carboxylic acids is 1. The number of carbonyl (C=O) groups is 2. The lowest BCUT2D eigenvalue weighted by atomic mass is 10.3. The van der Waals surface area contributed by atoms with Crippen LogP contribution in [0.3, 0.4) is 0 Å². The molecule has 0 spiro atoms. The number of halogens is 5. The van der Waals surface area contributed by atoms with E-state index in [-0.39, 0.29) is 4.90 Å². The predicted octanol–water partition coefficient (Wildman–Crippen LogP) is 2.45. The summed E-state index contributed by atoms with van der Waals surface area (Å²) in [7, 11) is 0. The first-order valence-electron chi connectivity index (χ1n) is 5.38. The Morgan fingerprint density at radius 3 is 2.38 bits per heavy atom. The van der Waals surface area contributed by atoms with Crippen LogP contribution in [0.5, 0.6) is 0 Å². The summed E-state index contributed by atoms with van der Waals surface area (Å²) >= 11 is 0. The quantitative estimate of drug-likeness (QED) is 0.839. The highest BCUT2D eigenvalue weighted by molar-refractivity contribution is 5.91. The molecular formula is C11H9F5N2O3. The molecule has 1 aromatic rings. The summed E-state index contributed by atoms with van der Waals surface area (Å²) in [6.45, 7) is -3.09. The molecule has 0 saturated carbocycles. The van der Waals surface area contributed by atoms with E-state index in [2.05, 4.69) is 0 Å². The van der Waals surface area contributed by atoms with Gasteiger partial charge >= 0.3 is 18.2 Å². The van der Waals surface area contributed by atoms with E-state index in [0.29, 0.717) is 0 Å². The van der Waals surface area contributed by atoms with Crippen molar-refractivity contribution in [3.8, 4) is 0 Å². The topological polar surface area (TPSA) is 69.6 Å². The van der Waals surface area contributed by atoms with Crippen LogP contribution in [-0.4, -0.2) is 41.3 Å². The van der Waals surface area contributed by atoms with Gasteiger partial charge in [-0.05, 0) is 12.1 Å². The lowest BCUT2D eigenvalue weighted by Gasteiger charge is -2.22. The Bertz CT molecular complexity index is 547. The van der Waals surface area contributed by atoms with Gasteiger partial charge in [0.1, 0.15) is 13.1 Å². The van der Waals surface area contributed by atoms with Gasteiger partial charge in [-0.3, -0.25) is 4.79 Å². The third-order valence-electron chi connectivity index (χ3n) is 2.18. The minimum Gasteiger partial charge on any atom is -0.480 e. The van der Waals surface area contributed by atoms with Crippen molar-refractivity contribution in [1.82, 2.24) is 4.90 Å². The molecule has 1 aromatic carbocycles. The summed E-state index contributed by atoms with van der Waals surface area (Å²) in [6, 6.07) is 1.18. The lowest BCUT2D eigenvalue weighted by Crippen LogP contribution is -2.44. The van der Waals surface area contributed by atoms with Crippen LogP contribution < -0.4 is 5.32 Å². The number of rotatable bonds is 4. The van der Waals surface area contributed by atoms with Gasteiger partial charge in [-0.25, -0.2) is 13.6 Å². The fraction of sp³-hybridized carbons (Fsp3) is 0.273. The van der Waals surface area contributed by atoms with E-state index in [4.69, 9.17) is 5.11 Å². The number of carboxylic acid groups (broad SMARTS) is 1. The molecule has 116 valence electrons. The summed E-state index contributed by atoms with van der Waals surface area (Å²) in [6.07, 6.45) is -4.84. The van der Waals surface area contributed by atoms with E-state index in [1.54, 1.807) is 5.32 Å². The number of carboxylic acids is 1. The van der Waals surface area contributed by atoms with E-state index < -0.39 is 48.6 Å². The third-order valence-corrected chi connectivity index (χ3v) is 2.18. The SMILES string of the molecule is O=C(O)CN(CC(F)(F)F)C(=O)Nc1cccc(F)c1F. The summed E-state index contributed by atoms with van der Waals surface area (Å²) in [5.41, 5.74) is -0.697. The Kier molecular flexibility index (Phi) is 5.06. The molecule has 0 aliphatic heterocycles. The molecule has 0 aliphatic rings. The van der Waals surface area contributed by atoms with E-state index >= 15 is 0 Å². The molecular weight excluding hydrogens is 303 g/mol. The fourth-order valence-corrected chi connectivity index (χ4v) is 1.37. The average molecular weight is 312 g/mol. The van der Waals surface area contributed by atoms with Crippen molar-refractivity contribution in [2.75, 3.05) is 18.4 Å². The first kappa shape index (κ1) is 16.7. The van der Waals surface area contributed by atoms with E-state index in [9.17, 15) is 31.5 Å². The molecule has 2 amide bonds. The second-order valence-corrected chi connectivity index (χ2v) is 3.90. The Morgan fingerprint density at radius 1 is 1.24 bits per heavy atom. The van der Waals surface area contributed by atoms with Gasteiger partial charge in [0.15, 0.2) is 11.6 Å². The van der Waals surface area contributed by atoms with Crippen LogP contribution in [0.4, 0.5) is 32.4 Å². The van der Waals surface area contributed by atoms with Gasteiger partial charge < -0.3 is 15.3 Å². The zero-order valence-electron chi connectivity index (χ0n) is 10.2. The first-order chi connectivity index (χ1) is 9.60. The van der Waals surface area contributed by atoms with E-state index in [1.807, 2.05) is 0 Å². The second kappa shape index (κ2) is 6.37. The summed E-state index contributed by atoms with van der Waals surface area (Å²) in [4.78, 5) is 21.9. The molecule has 10 heteroatoms. The van der Waals surface area contributed by atoms with Gasteiger partial charge in [0, 0.05) is 0 Å². The maximum absolute atomic E-state index is 13.3. The summed E-state index contributed by atoms with van der Waals surface area (Å²) in [5.74, 6) is -4.46. The van der Waals surface area contributed by atoms with Crippen molar-refractivity contribution >= 4 is 17.7 Å². The van der Waals surface area contributed by atoms with Crippen LogP contribution in [0.1, 0.15) is 0 Å². The number of nitrogens with one attached hydrogen (secondary N) is 1. The zero-order valence-corrected chi connectivity index (χ0v) is 10.2. The second-order valence-electron chi connectivity index (χ2n) is 3.90. The van der Waals surface area contributed by atoms with Gasteiger partial charge in [0.25, 0.3) is 0 Å². The number of carbonyl (C=O) groups excluding carboxylic acids is 1. The van der Waals surface area contributed by atoms with Crippen LogP contribution in [0.25, 0.3) is 0 Å². The molecule has 0 radical (unpaired) electrons. The van der Waals surface area contributed by atoms with Crippen LogP contribution in [0.2, 0.25) is 0 Å². The number of anilines is 1. The maximum Gasteiger partial charge on any atom is 0.406 e. The molecule has 5 nitrogen and oxygen atoms in total. The van der Waals surface area contributed by atoms with Crippen molar-refractivity contribution in [2.45, 2.75) is 6.18 Å². The third kappa shape index (κ3) is 5.24. The number of hydrogen-bond acceptors (Lipinski definition) is 2. The monoisotopic (exact) mass is 312 g/mol. The zero-order chi connectivity index (χ0) is 16.2. The first-order valence-corrected chi connectivity index (χ1v) is 5.38. The predicted molar refractivity (Wildman–Crippen MR) is 60.6 cm³/mol. The maximum atomic E-state index is 13.3. The minimum absolute atomic E-state index is 0.0906. The summed E-state index contributed by atoms with van der Waals surface area (Å²) < 4.78 is 62.9. The molecule has 0 saturated heterocycles. The van der Waals surface area contributed by atoms with Crippen LogP contribution >= 0.6 is 0 Å². The standard InChI is InChI=1S/C11H9F5N2O3/c12-6-2-1-3-7(9(6)13)17-10(21)18(4-8(19)20)5-11(14,15)16/h1-3H,4-5H2,(H,17,21)(H,19,20). The highest BCUT2D eigenvalue weighted by Crippen LogP contribution is 2.19. The molecule has 2 N–H and O–H groups in total. The van der Waals surface area contributed by atoms with Gasteiger partial charge in [0.05, 0.1) is 5.69 Å². The molecule has 21 heavy (non-hydrogen) atoms. The number of hydrogen-bond donors (Lipinski definition) is 2. The molecule has 0 atom stereocenters. The number of alkyl halides is 3. The van der Waals surface area contributed by atoms with E-state index in [1.165, 1.54) is 0 Å². The molecule has 0 fully saturated rings.